The second-order valence-electron chi connectivity index (χ2n) is 3.29. The molecular weight excluding hydrogens is 258 g/mol. The van der Waals surface area contributed by atoms with Crippen LogP contribution in [0.1, 0.15) is 11.6 Å². The summed E-state index contributed by atoms with van der Waals surface area (Å²) in [6, 6.07) is 1.82. The molecule has 0 heterocycles. The van der Waals surface area contributed by atoms with Gasteiger partial charge >= 0.3 is 18.1 Å². The van der Waals surface area contributed by atoms with Gasteiger partial charge in [-0.25, -0.2) is 9.18 Å². The Balaban J connectivity index is 2.94. The van der Waals surface area contributed by atoms with Crippen molar-refractivity contribution < 1.29 is 32.3 Å². The number of benzene rings is 1. The third-order valence-corrected chi connectivity index (χ3v) is 1.98. The molecule has 1 rings (SSSR count). The molecule has 1 unspecified atom stereocenters. The molecule has 1 atom stereocenters. The molecule has 0 saturated carbocycles. The van der Waals surface area contributed by atoms with Crippen LogP contribution in [0.4, 0.5) is 17.6 Å². The van der Waals surface area contributed by atoms with Crippen LogP contribution in [0.15, 0.2) is 24.3 Å². The van der Waals surface area contributed by atoms with Gasteiger partial charge < -0.3 is 10.4 Å². The number of alkyl halides is 3. The Morgan fingerprint density at radius 3 is 2.06 bits per heavy atom. The van der Waals surface area contributed by atoms with Crippen molar-refractivity contribution in [3.63, 3.8) is 0 Å². The number of carboxylic acids is 1. The van der Waals surface area contributed by atoms with Crippen LogP contribution in [0.25, 0.3) is 0 Å². The minimum absolute atomic E-state index is 0.165. The van der Waals surface area contributed by atoms with E-state index in [0.29, 0.717) is 0 Å². The minimum atomic E-state index is -5.19. The van der Waals surface area contributed by atoms with Gasteiger partial charge in [0.25, 0.3) is 0 Å². The van der Waals surface area contributed by atoms with Crippen molar-refractivity contribution in [3.05, 3.63) is 35.6 Å². The van der Waals surface area contributed by atoms with Gasteiger partial charge in [-0.15, -0.1) is 0 Å². The lowest BCUT2D eigenvalue weighted by Crippen LogP contribution is -2.41. The van der Waals surface area contributed by atoms with Crippen molar-refractivity contribution in [2.45, 2.75) is 12.2 Å². The quantitative estimate of drug-likeness (QED) is 0.816. The largest absolute Gasteiger partial charge is 0.479 e. The number of aliphatic carboxylic acids is 1. The van der Waals surface area contributed by atoms with Crippen LogP contribution >= 0.6 is 0 Å². The van der Waals surface area contributed by atoms with Gasteiger partial charge in [-0.3, -0.25) is 4.79 Å². The van der Waals surface area contributed by atoms with Gasteiger partial charge in [0.1, 0.15) is 5.82 Å². The molecule has 0 spiro atoms. The highest BCUT2D eigenvalue weighted by molar-refractivity contribution is 5.87. The molecule has 4 nitrogen and oxygen atoms in total. The second kappa shape index (κ2) is 5.03. The van der Waals surface area contributed by atoms with E-state index in [1.54, 1.807) is 0 Å². The van der Waals surface area contributed by atoms with Crippen LogP contribution in [-0.2, 0) is 9.59 Å². The Hall–Kier alpha value is -2.12. The summed E-state index contributed by atoms with van der Waals surface area (Å²) in [5.74, 6) is -4.73. The fraction of sp³-hybridized carbons (Fsp3) is 0.200. The maximum Gasteiger partial charge on any atom is 0.471 e. The van der Waals surface area contributed by atoms with E-state index in [4.69, 9.17) is 5.11 Å². The SMILES string of the molecule is O=C(O)C(NC(=O)C(F)(F)F)c1ccc(F)cc1. The number of nitrogens with one attached hydrogen (secondary N) is 1. The zero-order chi connectivity index (χ0) is 13.9. The molecule has 0 aliphatic carbocycles. The maximum atomic E-state index is 12.6. The lowest BCUT2D eigenvalue weighted by Gasteiger charge is -2.15. The third-order valence-electron chi connectivity index (χ3n) is 1.98. The van der Waals surface area contributed by atoms with Crippen LogP contribution in [-0.4, -0.2) is 23.2 Å². The van der Waals surface area contributed by atoms with Crippen molar-refractivity contribution in [3.8, 4) is 0 Å². The number of carbonyl (C=O) groups is 2. The molecule has 1 amide bonds. The van der Waals surface area contributed by atoms with Crippen LogP contribution in [0, 0.1) is 5.82 Å². The van der Waals surface area contributed by atoms with Crippen LogP contribution in [0.3, 0.4) is 0 Å². The first-order valence-corrected chi connectivity index (χ1v) is 4.58. The molecule has 98 valence electrons. The van der Waals surface area contributed by atoms with Crippen molar-refractivity contribution in [1.82, 2.24) is 5.32 Å². The van der Waals surface area contributed by atoms with Crippen molar-refractivity contribution in [2.24, 2.45) is 0 Å². The normalized spacial score (nSPS) is 12.9. The average molecular weight is 265 g/mol. The van der Waals surface area contributed by atoms with Gasteiger partial charge in [0.15, 0.2) is 6.04 Å². The molecule has 8 heteroatoms. The van der Waals surface area contributed by atoms with E-state index in [9.17, 15) is 27.2 Å². The monoisotopic (exact) mass is 265 g/mol. The Morgan fingerprint density at radius 1 is 1.17 bits per heavy atom. The Labute approximate surface area is 98.2 Å². The second-order valence-corrected chi connectivity index (χ2v) is 3.29. The zero-order valence-electron chi connectivity index (χ0n) is 8.66. The number of carbonyl (C=O) groups excluding carboxylic acids is 1. The van der Waals surface area contributed by atoms with Gasteiger partial charge in [-0.2, -0.15) is 13.2 Å². The Bertz CT molecular complexity index is 455. The van der Waals surface area contributed by atoms with Gasteiger partial charge in [0.05, 0.1) is 0 Å². The fourth-order valence-corrected chi connectivity index (χ4v) is 1.16. The average Bonchev–Trinajstić information content (AvgIpc) is 2.25. The number of hydrogen-bond donors (Lipinski definition) is 2. The molecule has 1 aromatic rings. The summed E-state index contributed by atoms with van der Waals surface area (Å²) in [6.07, 6.45) is -5.19. The lowest BCUT2D eigenvalue weighted by molar-refractivity contribution is -0.175. The highest BCUT2D eigenvalue weighted by atomic mass is 19.4. The summed E-state index contributed by atoms with van der Waals surface area (Å²) in [6.45, 7) is 0. The van der Waals surface area contributed by atoms with E-state index < -0.39 is 29.9 Å². The highest BCUT2D eigenvalue weighted by Crippen LogP contribution is 2.19. The Morgan fingerprint density at radius 2 is 1.67 bits per heavy atom. The van der Waals surface area contributed by atoms with E-state index in [2.05, 4.69) is 0 Å². The van der Waals surface area contributed by atoms with Gasteiger partial charge in [-0.05, 0) is 17.7 Å². The predicted octanol–water partition coefficient (Wildman–Crippen LogP) is 1.63. The molecule has 0 saturated heterocycles. The molecule has 0 aromatic heterocycles. The molecule has 0 bridgehead atoms. The first-order valence-electron chi connectivity index (χ1n) is 4.58. The van der Waals surface area contributed by atoms with Crippen LogP contribution in [0.2, 0.25) is 0 Å². The van der Waals surface area contributed by atoms with Gasteiger partial charge in [-0.1, -0.05) is 12.1 Å². The summed E-state index contributed by atoms with van der Waals surface area (Å²) in [5.41, 5.74) is -0.165. The third kappa shape index (κ3) is 3.44. The number of hydrogen-bond acceptors (Lipinski definition) is 2. The minimum Gasteiger partial charge on any atom is -0.479 e. The van der Waals surface area contributed by atoms with Crippen LogP contribution in [0.5, 0.6) is 0 Å². The van der Waals surface area contributed by atoms with Gasteiger partial charge in [0, 0.05) is 0 Å². The number of halogens is 4. The summed E-state index contributed by atoms with van der Waals surface area (Å²) < 4.78 is 48.6. The fourth-order valence-electron chi connectivity index (χ4n) is 1.16. The number of amides is 1. The van der Waals surface area contributed by atoms with E-state index >= 15 is 0 Å². The molecule has 0 aliphatic heterocycles. The first-order chi connectivity index (χ1) is 8.21. The smallest absolute Gasteiger partial charge is 0.471 e. The lowest BCUT2D eigenvalue weighted by atomic mass is 10.1. The van der Waals surface area contributed by atoms with Crippen molar-refractivity contribution in [2.75, 3.05) is 0 Å². The molecule has 2 N–H and O–H groups in total. The summed E-state index contributed by atoms with van der Waals surface area (Å²) >= 11 is 0. The Kier molecular flexibility index (Phi) is 3.89. The first kappa shape index (κ1) is 13.9. The molecule has 0 fully saturated rings. The molecule has 18 heavy (non-hydrogen) atoms. The zero-order valence-corrected chi connectivity index (χ0v) is 8.66. The summed E-state index contributed by atoms with van der Waals surface area (Å²) in [5, 5.41) is 10.0. The van der Waals surface area contributed by atoms with E-state index in [1.165, 1.54) is 5.32 Å². The highest BCUT2D eigenvalue weighted by Gasteiger charge is 2.41. The van der Waals surface area contributed by atoms with E-state index in [1.807, 2.05) is 0 Å². The molecule has 0 radical (unpaired) electrons. The van der Waals surface area contributed by atoms with E-state index in [0.717, 1.165) is 24.3 Å². The molecule has 1 aromatic carbocycles. The van der Waals surface area contributed by atoms with Crippen molar-refractivity contribution in [1.29, 1.82) is 0 Å². The standard InChI is InChI=1S/C10H7F4NO3/c11-6-3-1-5(2-4-6)7(8(16)17)15-9(18)10(12,13)14/h1-4,7H,(H,15,18)(H,16,17). The van der Waals surface area contributed by atoms with Crippen LogP contribution < -0.4 is 5.32 Å². The maximum absolute atomic E-state index is 12.6. The van der Waals surface area contributed by atoms with E-state index in [-0.39, 0.29) is 5.56 Å². The van der Waals surface area contributed by atoms with Gasteiger partial charge in [0.2, 0.25) is 0 Å². The number of carboxylic acid groups (broad SMARTS) is 1. The summed E-state index contributed by atoms with van der Waals surface area (Å²) in [4.78, 5) is 21.4. The molecule has 0 aliphatic rings. The topological polar surface area (TPSA) is 66.4 Å². The van der Waals surface area contributed by atoms with Crippen molar-refractivity contribution >= 4 is 11.9 Å². The predicted molar refractivity (Wildman–Crippen MR) is 51.0 cm³/mol. The summed E-state index contributed by atoms with van der Waals surface area (Å²) in [7, 11) is 0. The number of rotatable bonds is 3. The molecular formula is C10H7F4NO3.